The van der Waals surface area contributed by atoms with Gasteiger partial charge >= 0.3 is 0 Å². The molecular formula is C15H14Br2O2. The van der Waals surface area contributed by atoms with Crippen LogP contribution in [0.4, 0.5) is 0 Å². The molecule has 1 atom stereocenters. The average molecular weight is 386 g/mol. The third-order valence-corrected chi connectivity index (χ3v) is 4.19. The number of halogens is 2. The van der Waals surface area contributed by atoms with Crippen molar-refractivity contribution in [3.05, 3.63) is 62.5 Å². The molecule has 19 heavy (non-hydrogen) atoms. The third-order valence-electron chi connectivity index (χ3n) is 2.92. The fourth-order valence-electron chi connectivity index (χ4n) is 1.95. The maximum absolute atomic E-state index is 10.4. The van der Waals surface area contributed by atoms with Crippen LogP contribution in [0, 0.1) is 0 Å². The van der Waals surface area contributed by atoms with Crippen molar-refractivity contribution in [2.24, 2.45) is 0 Å². The van der Waals surface area contributed by atoms with Gasteiger partial charge in [0.1, 0.15) is 5.75 Å². The van der Waals surface area contributed by atoms with Gasteiger partial charge in [0.05, 0.1) is 13.2 Å². The van der Waals surface area contributed by atoms with E-state index >= 15 is 0 Å². The van der Waals surface area contributed by atoms with Gasteiger partial charge in [-0.1, -0.05) is 50.1 Å². The molecule has 0 saturated heterocycles. The van der Waals surface area contributed by atoms with Crippen LogP contribution in [-0.2, 0) is 6.42 Å². The lowest BCUT2D eigenvalue weighted by molar-refractivity contribution is 0.174. The summed E-state index contributed by atoms with van der Waals surface area (Å²) in [4.78, 5) is 0. The van der Waals surface area contributed by atoms with Gasteiger partial charge in [0.15, 0.2) is 0 Å². The van der Waals surface area contributed by atoms with Crippen LogP contribution in [-0.4, -0.2) is 12.2 Å². The number of ether oxygens (including phenoxy) is 1. The van der Waals surface area contributed by atoms with Crippen LogP contribution in [0.25, 0.3) is 0 Å². The Labute approximate surface area is 129 Å². The highest BCUT2D eigenvalue weighted by Crippen LogP contribution is 2.31. The Balaban J connectivity index is 2.27. The van der Waals surface area contributed by atoms with Crippen LogP contribution >= 0.6 is 31.9 Å². The summed E-state index contributed by atoms with van der Waals surface area (Å²) < 4.78 is 7.23. The van der Waals surface area contributed by atoms with E-state index in [0.29, 0.717) is 12.2 Å². The van der Waals surface area contributed by atoms with Crippen molar-refractivity contribution in [3.8, 4) is 5.75 Å². The molecule has 2 aromatic carbocycles. The molecule has 0 amide bonds. The summed E-state index contributed by atoms with van der Waals surface area (Å²) in [6.07, 6.45) is -0.0695. The predicted octanol–water partition coefficient (Wildman–Crippen LogP) is 4.50. The second kappa shape index (κ2) is 6.55. The zero-order chi connectivity index (χ0) is 13.8. The molecule has 0 bridgehead atoms. The second-order valence-electron chi connectivity index (χ2n) is 4.20. The molecule has 2 aromatic rings. The maximum atomic E-state index is 10.4. The first-order valence-electron chi connectivity index (χ1n) is 5.86. The molecule has 0 aromatic heterocycles. The molecule has 0 heterocycles. The molecule has 2 nitrogen and oxygen atoms in total. The Morgan fingerprint density at radius 1 is 1.16 bits per heavy atom. The van der Waals surface area contributed by atoms with Crippen molar-refractivity contribution >= 4 is 31.9 Å². The molecule has 0 saturated carbocycles. The summed E-state index contributed by atoms with van der Waals surface area (Å²) in [5, 5.41) is 10.4. The summed E-state index contributed by atoms with van der Waals surface area (Å²) >= 11 is 6.91. The standard InChI is InChI=1S/C15H14Br2O2/c1-19-15-7-6-11(16)9-12(15)14(18)8-10-4-2-3-5-13(10)17/h2-7,9,14,18H,8H2,1H3. The monoisotopic (exact) mass is 384 g/mol. The van der Waals surface area contributed by atoms with E-state index < -0.39 is 6.10 Å². The van der Waals surface area contributed by atoms with Gasteiger partial charge in [0.2, 0.25) is 0 Å². The maximum Gasteiger partial charge on any atom is 0.124 e. The van der Waals surface area contributed by atoms with E-state index in [-0.39, 0.29) is 0 Å². The van der Waals surface area contributed by atoms with Crippen LogP contribution in [0.15, 0.2) is 51.4 Å². The number of aliphatic hydroxyl groups excluding tert-OH is 1. The molecule has 0 radical (unpaired) electrons. The summed E-state index contributed by atoms with van der Waals surface area (Å²) in [7, 11) is 1.61. The zero-order valence-corrected chi connectivity index (χ0v) is 13.6. The molecule has 0 aliphatic rings. The minimum Gasteiger partial charge on any atom is -0.496 e. The highest BCUT2D eigenvalue weighted by atomic mass is 79.9. The minimum absolute atomic E-state index is 0.536. The molecule has 2 rings (SSSR count). The van der Waals surface area contributed by atoms with Gasteiger partial charge in [-0.3, -0.25) is 0 Å². The molecule has 0 fully saturated rings. The summed E-state index contributed by atoms with van der Waals surface area (Å²) in [5.74, 6) is 0.697. The van der Waals surface area contributed by atoms with E-state index in [2.05, 4.69) is 31.9 Å². The van der Waals surface area contributed by atoms with E-state index in [1.54, 1.807) is 7.11 Å². The van der Waals surface area contributed by atoms with Gasteiger partial charge in [-0.2, -0.15) is 0 Å². The lowest BCUT2D eigenvalue weighted by atomic mass is 10.0. The molecule has 0 aliphatic heterocycles. The number of rotatable bonds is 4. The zero-order valence-electron chi connectivity index (χ0n) is 10.4. The Morgan fingerprint density at radius 2 is 1.89 bits per heavy atom. The lowest BCUT2D eigenvalue weighted by Crippen LogP contribution is -2.04. The quantitative estimate of drug-likeness (QED) is 0.839. The topological polar surface area (TPSA) is 29.5 Å². The number of methoxy groups -OCH3 is 1. The van der Waals surface area contributed by atoms with E-state index in [0.717, 1.165) is 20.1 Å². The fraction of sp³-hybridized carbons (Fsp3) is 0.200. The van der Waals surface area contributed by atoms with Crippen molar-refractivity contribution in [1.82, 2.24) is 0 Å². The van der Waals surface area contributed by atoms with Crippen LogP contribution in [0.2, 0.25) is 0 Å². The van der Waals surface area contributed by atoms with Crippen molar-refractivity contribution in [1.29, 1.82) is 0 Å². The van der Waals surface area contributed by atoms with Gasteiger partial charge < -0.3 is 9.84 Å². The van der Waals surface area contributed by atoms with E-state index in [1.165, 1.54) is 0 Å². The minimum atomic E-state index is -0.605. The van der Waals surface area contributed by atoms with Crippen molar-refractivity contribution in [2.45, 2.75) is 12.5 Å². The largest absolute Gasteiger partial charge is 0.496 e. The van der Waals surface area contributed by atoms with E-state index in [9.17, 15) is 5.11 Å². The van der Waals surface area contributed by atoms with Crippen LogP contribution in [0.1, 0.15) is 17.2 Å². The number of hydrogen-bond donors (Lipinski definition) is 1. The van der Waals surface area contributed by atoms with Crippen LogP contribution in [0.5, 0.6) is 5.75 Å². The number of benzene rings is 2. The first kappa shape index (κ1) is 14.6. The Hall–Kier alpha value is -0.840. The Kier molecular flexibility index (Phi) is 5.02. The number of aliphatic hydroxyl groups is 1. The van der Waals surface area contributed by atoms with Crippen molar-refractivity contribution in [2.75, 3.05) is 7.11 Å². The van der Waals surface area contributed by atoms with Crippen molar-refractivity contribution < 1.29 is 9.84 Å². The molecular weight excluding hydrogens is 372 g/mol. The Bertz CT molecular complexity index is 570. The molecule has 1 N–H and O–H groups in total. The molecule has 0 aliphatic carbocycles. The summed E-state index contributed by atoms with van der Waals surface area (Å²) in [6, 6.07) is 13.5. The Morgan fingerprint density at radius 3 is 2.58 bits per heavy atom. The average Bonchev–Trinajstić information content (AvgIpc) is 2.41. The van der Waals surface area contributed by atoms with Crippen molar-refractivity contribution in [3.63, 3.8) is 0 Å². The highest BCUT2D eigenvalue weighted by molar-refractivity contribution is 9.10. The predicted molar refractivity (Wildman–Crippen MR) is 83.5 cm³/mol. The molecule has 1 unspecified atom stereocenters. The van der Waals surface area contributed by atoms with Gasteiger partial charge in [-0.15, -0.1) is 0 Å². The number of hydrogen-bond acceptors (Lipinski definition) is 2. The first-order chi connectivity index (χ1) is 9.11. The molecule has 4 heteroatoms. The first-order valence-corrected chi connectivity index (χ1v) is 7.45. The van der Waals surface area contributed by atoms with Gasteiger partial charge in [0.25, 0.3) is 0 Å². The lowest BCUT2D eigenvalue weighted by Gasteiger charge is -2.16. The normalized spacial score (nSPS) is 12.2. The van der Waals surface area contributed by atoms with E-state index in [1.807, 2.05) is 42.5 Å². The fourth-order valence-corrected chi connectivity index (χ4v) is 2.77. The van der Waals surface area contributed by atoms with Gasteiger partial charge in [-0.25, -0.2) is 0 Å². The SMILES string of the molecule is COc1ccc(Br)cc1C(O)Cc1ccccc1Br. The third kappa shape index (κ3) is 3.59. The molecule has 100 valence electrons. The van der Waals surface area contributed by atoms with Gasteiger partial charge in [0, 0.05) is 20.9 Å². The molecule has 0 spiro atoms. The van der Waals surface area contributed by atoms with Crippen LogP contribution < -0.4 is 4.74 Å². The summed E-state index contributed by atoms with van der Waals surface area (Å²) in [6.45, 7) is 0. The van der Waals surface area contributed by atoms with Crippen LogP contribution in [0.3, 0.4) is 0 Å². The second-order valence-corrected chi connectivity index (χ2v) is 5.97. The van der Waals surface area contributed by atoms with Gasteiger partial charge in [-0.05, 0) is 29.8 Å². The highest BCUT2D eigenvalue weighted by Gasteiger charge is 2.15. The van der Waals surface area contributed by atoms with E-state index in [4.69, 9.17) is 4.74 Å². The smallest absolute Gasteiger partial charge is 0.124 e. The summed E-state index contributed by atoms with van der Waals surface area (Å²) in [5.41, 5.74) is 1.85.